The van der Waals surface area contributed by atoms with E-state index in [1.54, 1.807) is 13.8 Å². The highest BCUT2D eigenvalue weighted by molar-refractivity contribution is 5.80. The maximum absolute atomic E-state index is 10.9. The van der Waals surface area contributed by atoms with Crippen LogP contribution in [-0.2, 0) is 19.1 Å². The van der Waals surface area contributed by atoms with Crippen LogP contribution < -0.4 is 11.1 Å². The summed E-state index contributed by atoms with van der Waals surface area (Å²) in [4.78, 5) is 31.9. The summed E-state index contributed by atoms with van der Waals surface area (Å²) in [7, 11) is 1.21. The largest absolute Gasteiger partial charge is 0.480 e. The van der Waals surface area contributed by atoms with E-state index >= 15 is 0 Å². The number of nitrogens with two attached hydrogens (primary N) is 1. The highest BCUT2D eigenvalue weighted by Crippen LogP contribution is 2.19. The van der Waals surface area contributed by atoms with Gasteiger partial charge in [-0.05, 0) is 24.7 Å². The summed E-state index contributed by atoms with van der Waals surface area (Å²) >= 11 is 0. The summed E-state index contributed by atoms with van der Waals surface area (Å²) in [5, 5.41) is 19.5. The fraction of sp³-hybridized carbons (Fsp3) is 0.786. The molecule has 2 atom stereocenters. The van der Waals surface area contributed by atoms with Gasteiger partial charge in [-0.15, -0.1) is 0 Å². The SMILES string of the molecule is CC(C)[C@H](N)C(=O)O.COC(=O)NC(C(=O)O)C1CCOCC1. The third kappa shape index (κ3) is 8.36. The molecule has 1 saturated heterocycles. The van der Waals surface area contributed by atoms with Gasteiger partial charge in [-0.25, -0.2) is 9.59 Å². The molecular formula is C14H26N2O7. The summed E-state index contributed by atoms with van der Waals surface area (Å²) in [5.41, 5.74) is 5.16. The first-order valence-corrected chi connectivity index (χ1v) is 7.34. The van der Waals surface area contributed by atoms with Crippen LogP contribution in [0, 0.1) is 11.8 Å². The van der Waals surface area contributed by atoms with Gasteiger partial charge in [0, 0.05) is 13.2 Å². The Balaban J connectivity index is 0.000000515. The molecule has 1 aliphatic heterocycles. The van der Waals surface area contributed by atoms with Crippen LogP contribution in [0.25, 0.3) is 0 Å². The van der Waals surface area contributed by atoms with Crippen LogP contribution in [0.3, 0.4) is 0 Å². The highest BCUT2D eigenvalue weighted by atomic mass is 16.5. The molecule has 0 radical (unpaired) electrons. The Kier molecular flexibility index (Phi) is 9.91. The Labute approximate surface area is 135 Å². The van der Waals surface area contributed by atoms with E-state index in [-0.39, 0.29) is 11.8 Å². The predicted octanol–water partition coefficient (Wildman–Crippen LogP) is 0.277. The van der Waals surface area contributed by atoms with Crippen LogP contribution in [0.4, 0.5) is 4.79 Å². The van der Waals surface area contributed by atoms with Gasteiger partial charge in [-0.2, -0.15) is 0 Å². The van der Waals surface area contributed by atoms with E-state index in [0.29, 0.717) is 26.1 Å². The van der Waals surface area contributed by atoms with Gasteiger partial charge in [-0.3, -0.25) is 4.79 Å². The maximum atomic E-state index is 10.9. The monoisotopic (exact) mass is 334 g/mol. The fourth-order valence-corrected chi connectivity index (χ4v) is 1.90. The average Bonchev–Trinajstić information content (AvgIpc) is 2.52. The zero-order valence-corrected chi connectivity index (χ0v) is 13.7. The number of amides is 1. The van der Waals surface area contributed by atoms with Crippen molar-refractivity contribution in [3.63, 3.8) is 0 Å². The van der Waals surface area contributed by atoms with Gasteiger partial charge in [0.1, 0.15) is 12.1 Å². The molecule has 23 heavy (non-hydrogen) atoms. The molecule has 0 spiro atoms. The number of ether oxygens (including phenoxy) is 2. The van der Waals surface area contributed by atoms with E-state index in [0.717, 1.165) is 0 Å². The van der Waals surface area contributed by atoms with Gasteiger partial charge in [0.2, 0.25) is 0 Å². The summed E-state index contributed by atoms with van der Waals surface area (Å²) in [6, 6.07) is -1.60. The number of hydrogen-bond donors (Lipinski definition) is 4. The lowest BCUT2D eigenvalue weighted by Crippen LogP contribution is -2.47. The summed E-state index contributed by atoms with van der Waals surface area (Å²) in [5.74, 6) is -2.03. The highest BCUT2D eigenvalue weighted by Gasteiger charge is 2.31. The number of aliphatic carboxylic acids is 2. The zero-order chi connectivity index (χ0) is 18.0. The molecule has 1 fully saturated rings. The number of rotatable bonds is 5. The number of carboxylic acids is 2. The van der Waals surface area contributed by atoms with E-state index in [1.165, 1.54) is 7.11 Å². The second-order valence-electron chi connectivity index (χ2n) is 5.51. The molecule has 5 N–H and O–H groups in total. The van der Waals surface area contributed by atoms with E-state index < -0.39 is 30.1 Å². The number of carboxylic acid groups (broad SMARTS) is 2. The van der Waals surface area contributed by atoms with Gasteiger partial charge in [0.15, 0.2) is 0 Å². The van der Waals surface area contributed by atoms with Gasteiger partial charge < -0.3 is 30.7 Å². The molecule has 0 saturated carbocycles. The molecule has 0 aromatic heterocycles. The van der Waals surface area contributed by atoms with E-state index in [1.807, 2.05) is 0 Å². The van der Waals surface area contributed by atoms with Crippen LogP contribution in [0.2, 0.25) is 0 Å². The normalized spacial score (nSPS) is 17.4. The van der Waals surface area contributed by atoms with E-state index in [2.05, 4.69) is 10.1 Å². The quantitative estimate of drug-likeness (QED) is 0.560. The molecule has 134 valence electrons. The number of hydrogen-bond acceptors (Lipinski definition) is 6. The molecule has 1 aliphatic rings. The number of methoxy groups -OCH3 is 1. The molecule has 0 aromatic carbocycles. The minimum absolute atomic E-state index is 0.0208. The lowest BCUT2D eigenvalue weighted by Gasteiger charge is -2.27. The fourth-order valence-electron chi connectivity index (χ4n) is 1.90. The van der Waals surface area contributed by atoms with Crippen molar-refractivity contribution in [1.29, 1.82) is 0 Å². The Hall–Kier alpha value is -1.87. The van der Waals surface area contributed by atoms with Crippen LogP contribution in [0.5, 0.6) is 0 Å². The molecule has 0 aliphatic carbocycles. The Bertz CT molecular complexity index is 395. The molecule has 9 heteroatoms. The Morgan fingerprint density at radius 1 is 1.17 bits per heavy atom. The number of alkyl carbamates (subject to hydrolysis) is 1. The molecule has 1 rings (SSSR count). The first-order valence-electron chi connectivity index (χ1n) is 7.34. The molecule has 0 bridgehead atoms. The van der Waals surface area contributed by atoms with Gasteiger partial charge in [0.05, 0.1) is 7.11 Å². The maximum Gasteiger partial charge on any atom is 0.407 e. The summed E-state index contributed by atoms with van der Waals surface area (Å²) in [6.45, 7) is 4.63. The van der Waals surface area contributed by atoms with Crippen LogP contribution >= 0.6 is 0 Å². The summed E-state index contributed by atoms with van der Waals surface area (Å²) < 4.78 is 9.50. The first-order chi connectivity index (χ1) is 10.7. The molecule has 9 nitrogen and oxygen atoms in total. The van der Waals surface area contributed by atoms with Crippen molar-refractivity contribution in [2.45, 2.75) is 38.8 Å². The smallest absolute Gasteiger partial charge is 0.407 e. The predicted molar refractivity (Wildman–Crippen MR) is 81.0 cm³/mol. The number of nitrogens with one attached hydrogen (secondary N) is 1. The lowest BCUT2D eigenvalue weighted by molar-refractivity contribution is -0.142. The molecule has 1 amide bonds. The van der Waals surface area contributed by atoms with Crippen molar-refractivity contribution >= 4 is 18.0 Å². The Morgan fingerprint density at radius 3 is 2.00 bits per heavy atom. The van der Waals surface area contributed by atoms with Crippen LogP contribution in [-0.4, -0.2) is 60.7 Å². The van der Waals surface area contributed by atoms with E-state index in [9.17, 15) is 14.4 Å². The second kappa shape index (κ2) is 10.8. The minimum atomic E-state index is -1.03. The standard InChI is InChI=1S/C9H15NO5.C5H11NO2/c1-14-9(13)10-7(8(11)12)6-2-4-15-5-3-6;1-3(2)4(6)5(7)8/h6-7H,2-5H2,1H3,(H,10,13)(H,11,12);3-4H,6H2,1-2H3,(H,7,8)/t;4-/m.0/s1. The van der Waals surface area contributed by atoms with Crippen molar-refractivity contribution in [2.75, 3.05) is 20.3 Å². The number of carbonyl (C=O) groups excluding carboxylic acids is 1. The number of carbonyl (C=O) groups is 3. The third-order valence-corrected chi connectivity index (χ3v) is 3.47. The molecule has 0 aromatic rings. The van der Waals surface area contributed by atoms with Crippen LogP contribution in [0.1, 0.15) is 26.7 Å². The van der Waals surface area contributed by atoms with Crippen molar-refractivity contribution in [2.24, 2.45) is 17.6 Å². The second-order valence-corrected chi connectivity index (χ2v) is 5.51. The lowest BCUT2D eigenvalue weighted by atomic mass is 9.92. The topological polar surface area (TPSA) is 148 Å². The molecule has 1 heterocycles. The van der Waals surface area contributed by atoms with Crippen molar-refractivity contribution < 1.29 is 34.1 Å². The van der Waals surface area contributed by atoms with Crippen molar-refractivity contribution in [3.05, 3.63) is 0 Å². The van der Waals surface area contributed by atoms with Gasteiger partial charge in [-0.1, -0.05) is 13.8 Å². The first kappa shape index (κ1) is 21.1. The minimum Gasteiger partial charge on any atom is -0.480 e. The Morgan fingerprint density at radius 2 is 1.70 bits per heavy atom. The van der Waals surface area contributed by atoms with Gasteiger partial charge >= 0.3 is 18.0 Å². The van der Waals surface area contributed by atoms with Gasteiger partial charge in [0.25, 0.3) is 0 Å². The molecular weight excluding hydrogens is 308 g/mol. The molecule has 1 unspecified atom stereocenters. The third-order valence-electron chi connectivity index (χ3n) is 3.47. The zero-order valence-electron chi connectivity index (χ0n) is 13.7. The summed E-state index contributed by atoms with van der Waals surface area (Å²) in [6.07, 6.45) is 0.566. The average molecular weight is 334 g/mol. The van der Waals surface area contributed by atoms with Crippen molar-refractivity contribution in [3.8, 4) is 0 Å². The van der Waals surface area contributed by atoms with Crippen molar-refractivity contribution in [1.82, 2.24) is 5.32 Å². The van der Waals surface area contributed by atoms with Crippen LogP contribution in [0.15, 0.2) is 0 Å². The van der Waals surface area contributed by atoms with E-state index in [4.69, 9.17) is 20.7 Å².